The Morgan fingerprint density at radius 3 is 1.81 bits per heavy atom. The van der Waals surface area contributed by atoms with Crippen molar-refractivity contribution in [3.63, 3.8) is 0 Å². The fourth-order valence-electron chi connectivity index (χ4n) is 4.35. The zero-order valence-electron chi connectivity index (χ0n) is 17.3. The Morgan fingerprint density at radius 1 is 0.531 bits per heavy atom. The molecule has 4 nitrogen and oxygen atoms in total. The van der Waals surface area contributed by atoms with Crippen LogP contribution in [-0.4, -0.2) is 4.57 Å². The van der Waals surface area contributed by atoms with E-state index in [1.54, 1.807) is 0 Å². The summed E-state index contributed by atoms with van der Waals surface area (Å²) in [7, 11) is 0. The molecule has 2 N–H and O–H groups in total. The minimum absolute atomic E-state index is 0.647. The van der Waals surface area contributed by atoms with Gasteiger partial charge in [0.25, 0.3) is 0 Å². The molecule has 1 heterocycles. The molecule has 0 radical (unpaired) electrons. The first-order valence-corrected chi connectivity index (χ1v) is 10.6. The molecule has 6 rings (SSSR count). The SMILES string of the molecule is Nc1c(N=Nc2ccc(-n3c4ccccc4c4ccccc43)cc2)ccc2ccccc12. The molecule has 0 aliphatic carbocycles. The molecule has 0 saturated heterocycles. The summed E-state index contributed by atoms with van der Waals surface area (Å²) in [6.45, 7) is 0. The molecule has 6 aromatic rings. The molecular formula is C28H20N4. The third-order valence-corrected chi connectivity index (χ3v) is 5.91. The average Bonchev–Trinajstić information content (AvgIpc) is 3.19. The molecule has 0 spiro atoms. The summed E-state index contributed by atoms with van der Waals surface area (Å²) in [6, 6.07) is 37.1. The molecule has 5 aromatic carbocycles. The zero-order chi connectivity index (χ0) is 21.5. The summed E-state index contributed by atoms with van der Waals surface area (Å²) in [5.41, 5.74) is 11.9. The van der Waals surface area contributed by atoms with Crippen LogP contribution in [0, 0.1) is 0 Å². The van der Waals surface area contributed by atoms with Crippen LogP contribution in [0.4, 0.5) is 17.1 Å². The van der Waals surface area contributed by atoms with E-state index >= 15 is 0 Å². The van der Waals surface area contributed by atoms with Gasteiger partial charge in [0, 0.05) is 21.8 Å². The third-order valence-electron chi connectivity index (χ3n) is 5.91. The van der Waals surface area contributed by atoms with Gasteiger partial charge in [0.15, 0.2) is 0 Å². The second-order valence-electron chi connectivity index (χ2n) is 7.81. The number of rotatable bonds is 3. The van der Waals surface area contributed by atoms with Gasteiger partial charge in [-0.2, -0.15) is 5.11 Å². The van der Waals surface area contributed by atoms with E-state index in [1.165, 1.54) is 21.8 Å². The van der Waals surface area contributed by atoms with Crippen molar-refractivity contribution in [2.45, 2.75) is 0 Å². The Balaban J connectivity index is 1.38. The third kappa shape index (κ3) is 2.93. The van der Waals surface area contributed by atoms with Crippen molar-refractivity contribution in [3.05, 3.63) is 109 Å². The smallest absolute Gasteiger partial charge is 0.109 e. The van der Waals surface area contributed by atoms with E-state index in [0.717, 1.165) is 22.1 Å². The van der Waals surface area contributed by atoms with Crippen LogP contribution in [0.25, 0.3) is 38.3 Å². The number of benzene rings is 5. The fraction of sp³-hybridized carbons (Fsp3) is 0. The van der Waals surface area contributed by atoms with Crippen molar-refractivity contribution >= 4 is 49.6 Å². The maximum absolute atomic E-state index is 6.32. The highest BCUT2D eigenvalue weighted by Crippen LogP contribution is 2.34. The van der Waals surface area contributed by atoms with E-state index in [4.69, 9.17) is 5.73 Å². The molecule has 0 aliphatic rings. The lowest BCUT2D eigenvalue weighted by Gasteiger charge is -2.08. The van der Waals surface area contributed by atoms with E-state index in [0.29, 0.717) is 11.4 Å². The van der Waals surface area contributed by atoms with Gasteiger partial charge in [-0.3, -0.25) is 0 Å². The van der Waals surface area contributed by atoms with Crippen LogP contribution in [0.3, 0.4) is 0 Å². The lowest BCUT2D eigenvalue weighted by molar-refractivity contribution is 1.17. The summed E-state index contributed by atoms with van der Waals surface area (Å²) in [6.07, 6.45) is 0. The van der Waals surface area contributed by atoms with Gasteiger partial charge >= 0.3 is 0 Å². The van der Waals surface area contributed by atoms with Gasteiger partial charge in [-0.05, 0) is 47.9 Å². The second kappa shape index (κ2) is 7.36. The minimum Gasteiger partial charge on any atom is -0.396 e. The van der Waals surface area contributed by atoms with E-state index in [2.05, 4.69) is 75.5 Å². The van der Waals surface area contributed by atoms with E-state index in [9.17, 15) is 0 Å². The molecule has 0 saturated carbocycles. The second-order valence-corrected chi connectivity index (χ2v) is 7.81. The molecular weight excluding hydrogens is 392 g/mol. The number of para-hydroxylation sites is 2. The summed E-state index contributed by atoms with van der Waals surface area (Å²) in [5, 5.41) is 13.4. The number of hydrogen-bond donors (Lipinski definition) is 1. The number of aromatic nitrogens is 1. The molecule has 0 bridgehead atoms. The van der Waals surface area contributed by atoms with Crippen molar-refractivity contribution < 1.29 is 0 Å². The van der Waals surface area contributed by atoms with E-state index < -0.39 is 0 Å². The van der Waals surface area contributed by atoms with Crippen molar-refractivity contribution in [1.29, 1.82) is 0 Å². The molecule has 0 amide bonds. The summed E-state index contributed by atoms with van der Waals surface area (Å²) >= 11 is 0. The number of nitrogens with zero attached hydrogens (tertiary/aromatic N) is 3. The van der Waals surface area contributed by atoms with Crippen LogP contribution in [0.15, 0.2) is 119 Å². The van der Waals surface area contributed by atoms with Crippen molar-refractivity contribution in [2.75, 3.05) is 5.73 Å². The average molecular weight is 412 g/mol. The molecule has 0 unspecified atom stereocenters. The molecule has 0 atom stereocenters. The normalized spacial score (nSPS) is 11.8. The first kappa shape index (κ1) is 18.3. The molecule has 0 aliphatic heterocycles. The maximum atomic E-state index is 6.32. The number of nitrogen functional groups attached to an aromatic ring is 1. The van der Waals surface area contributed by atoms with Crippen LogP contribution in [0.2, 0.25) is 0 Å². The minimum atomic E-state index is 0.647. The Morgan fingerprint density at radius 2 is 1.12 bits per heavy atom. The number of hydrogen-bond acceptors (Lipinski definition) is 3. The van der Waals surface area contributed by atoms with Crippen molar-refractivity contribution in [2.24, 2.45) is 10.2 Å². The quantitative estimate of drug-likeness (QED) is 0.233. The topological polar surface area (TPSA) is 55.7 Å². The molecule has 1 aromatic heterocycles. The van der Waals surface area contributed by atoms with E-state index in [1.807, 2.05) is 48.5 Å². The van der Waals surface area contributed by atoms with Crippen LogP contribution >= 0.6 is 0 Å². The summed E-state index contributed by atoms with van der Waals surface area (Å²) in [5.74, 6) is 0. The monoisotopic (exact) mass is 412 g/mol. The number of anilines is 1. The highest BCUT2D eigenvalue weighted by Gasteiger charge is 2.11. The first-order valence-electron chi connectivity index (χ1n) is 10.6. The summed E-state index contributed by atoms with van der Waals surface area (Å²) in [4.78, 5) is 0. The van der Waals surface area contributed by atoms with Crippen LogP contribution in [0.5, 0.6) is 0 Å². The Hall–Kier alpha value is -4.44. The molecule has 152 valence electrons. The van der Waals surface area contributed by atoms with Gasteiger partial charge in [0.2, 0.25) is 0 Å². The predicted octanol–water partition coefficient (Wildman–Crippen LogP) is 7.93. The number of fused-ring (bicyclic) bond motifs is 4. The Labute approximate surface area is 185 Å². The molecule has 0 fully saturated rings. The van der Waals surface area contributed by atoms with Crippen molar-refractivity contribution in [3.8, 4) is 5.69 Å². The predicted molar refractivity (Wildman–Crippen MR) is 133 cm³/mol. The standard InChI is InChI=1S/C28H20N4/c29-28-22-8-2-1-7-19(22)13-18-25(28)31-30-20-14-16-21(17-15-20)32-26-11-5-3-9-23(26)24-10-4-6-12-27(24)32/h1-18H,29H2. The van der Waals surface area contributed by atoms with E-state index in [-0.39, 0.29) is 0 Å². The van der Waals surface area contributed by atoms with Crippen LogP contribution in [0.1, 0.15) is 0 Å². The largest absolute Gasteiger partial charge is 0.396 e. The highest BCUT2D eigenvalue weighted by atomic mass is 15.1. The van der Waals surface area contributed by atoms with Gasteiger partial charge in [-0.15, -0.1) is 5.11 Å². The Bertz CT molecular complexity index is 1570. The lowest BCUT2D eigenvalue weighted by Crippen LogP contribution is -1.92. The molecule has 32 heavy (non-hydrogen) atoms. The van der Waals surface area contributed by atoms with Crippen LogP contribution in [-0.2, 0) is 0 Å². The Kier molecular flexibility index (Phi) is 4.22. The fourth-order valence-corrected chi connectivity index (χ4v) is 4.35. The highest BCUT2D eigenvalue weighted by molar-refractivity contribution is 6.09. The van der Waals surface area contributed by atoms with Gasteiger partial charge in [-0.1, -0.05) is 66.7 Å². The van der Waals surface area contributed by atoms with Crippen molar-refractivity contribution in [1.82, 2.24) is 4.57 Å². The van der Waals surface area contributed by atoms with Gasteiger partial charge < -0.3 is 10.3 Å². The van der Waals surface area contributed by atoms with Gasteiger partial charge in [0.1, 0.15) is 5.69 Å². The first-order chi connectivity index (χ1) is 15.8. The lowest BCUT2D eigenvalue weighted by atomic mass is 10.1. The number of nitrogens with two attached hydrogens (primary N) is 1. The maximum Gasteiger partial charge on any atom is 0.109 e. The van der Waals surface area contributed by atoms with Gasteiger partial charge in [0.05, 0.1) is 22.4 Å². The van der Waals surface area contributed by atoms with Crippen LogP contribution < -0.4 is 5.73 Å². The molecule has 4 heteroatoms. The summed E-state index contributed by atoms with van der Waals surface area (Å²) < 4.78 is 2.28. The number of azo groups is 1. The zero-order valence-corrected chi connectivity index (χ0v) is 17.3. The van der Waals surface area contributed by atoms with Gasteiger partial charge in [-0.25, -0.2) is 0 Å².